The van der Waals surface area contributed by atoms with E-state index < -0.39 is 0 Å². The first-order chi connectivity index (χ1) is 6.24. The van der Waals surface area contributed by atoms with Crippen molar-refractivity contribution in [1.82, 2.24) is 4.98 Å². The molecule has 1 atom stereocenters. The Kier molecular flexibility index (Phi) is 3.99. The summed E-state index contributed by atoms with van der Waals surface area (Å²) in [7, 11) is 0. The van der Waals surface area contributed by atoms with Crippen molar-refractivity contribution < 1.29 is 0 Å². The van der Waals surface area contributed by atoms with Crippen molar-refractivity contribution in [3.05, 3.63) is 23.4 Å². The van der Waals surface area contributed by atoms with Crippen LogP contribution in [-0.4, -0.2) is 18.1 Å². The van der Waals surface area contributed by atoms with Crippen LogP contribution < -0.4 is 11.1 Å². The van der Waals surface area contributed by atoms with Crippen molar-refractivity contribution in [2.24, 2.45) is 11.7 Å². The minimum atomic E-state index is 0.429. The van der Waals surface area contributed by atoms with Gasteiger partial charge in [0, 0.05) is 12.7 Å². The number of aromatic nitrogens is 1. The van der Waals surface area contributed by atoms with Gasteiger partial charge in [-0.25, -0.2) is 4.98 Å². The third-order valence-electron chi connectivity index (χ3n) is 1.78. The highest BCUT2D eigenvalue weighted by Crippen LogP contribution is 2.17. The molecule has 0 bridgehead atoms. The summed E-state index contributed by atoms with van der Waals surface area (Å²) in [5, 5.41) is 3.79. The van der Waals surface area contributed by atoms with Gasteiger partial charge in [-0.3, -0.25) is 0 Å². The van der Waals surface area contributed by atoms with Crippen LogP contribution >= 0.6 is 11.6 Å². The van der Waals surface area contributed by atoms with Crippen molar-refractivity contribution in [3.8, 4) is 0 Å². The van der Waals surface area contributed by atoms with Crippen molar-refractivity contribution in [2.45, 2.75) is 6.92 Å². The summed E-state index contributed by atoms with van der Waals surface area (Å²) in [5.41, 5.74) is 5.48. The molecule has 0 spiro atoms. The van der Waals surface area contributed by atoms with Crippen LogP contribution in [0.3, 0.4) is 0 Å². The van der Waals surface area contributed by atoms with Crippen molar-refractivity contribution in [1.29, 1.82) is 0 Å². The van der Waals surface area contributed by atoms with Crippen molar-refractivity contribution >= 4 is 17.4 Å². The molecule has 0 aliphatic rings. The van der Waals surface area contributed by atoms with Gasteiger partial charge in [-0.2, -0.15) is 0 Å². The first kappa shape index (κ1) is 10.3. The van der Waals surface area contributed by atoms with Gasteiger partial charge in [0.1, 0.15) is 5.82 Å². The van der Waals surface area contributed by atoms with Gasteiger partial charge in [0.15, 0.2) is 0 Å². The molecule has 3 N–H and O–H groups in total. The molecule has 3 nitrogen and oxygen atoms in total. The van der Waals surface area contributed by atoms with E-state index in [1.807, 2.05) is 6.07 Å². The predicted octanol–water partition coefficient (Wildman–Crippen LogP) is 1.74. The Hall–Kier alpha value is -0.800. The second kappa shape index (κ2) is 5.04. The number of anilines is 1. The van der Waals surface area contributed by atoms with E-state index in [4.69, 9.17) is 17.3 Å². The zero-order valence-electron chi connectivity index (χ0n) is 7.63. The molecule has 0 saturated carbocycles. The molecule has 4 heteroatoms. The van der Waals surface area contributed by atoms with Crippen molar-refractivity contribution in [3.63, 3.8) is 0 Å². The molecule has 1 unspecified atom stereocenters. The van der Waals surface area contributed by atoms with E-state index in [0.29, 0.717) is 17.5 Å². The van der Waals surface area contributed by atoms with E-state index in [1.54, 1.807) is 12.3 Å². The molecule has 1 heterocycles. The molecule has 0 aliphatic carbocycles. The Balaban J connectivity index is 2.50. The Morgan fingerprint density at radius 2 is 2.46 bits per heavy atom. The second-order valence-electron chi connectivity index (χ2n) is 3.06. The summed E-state index contributed by atoms with van der Waals surface area (Å²) >= 11 is 5.89. The van der Waals surface area contributed by atoms with E-state index in [-0.39, 0.29) is 0 Å². The van der Waals surface area contributed by atoms with E-state index in [0.717, 1.165) is 12.4 Å². The Morgan fingerprint density at radius 1 is 1.69 bits per heavy atom. The van der Waals surface area contributed by atoms with Gasteiger partial charge in [-0.15, -0.1) is 0 Å². The number of hydrogen-bond acceptors (Lipinski definition) is 3. The summed E-state index contributed by atoms with van der Waals surface area (Å²) in [4.78, 5) is 4.10. The lowest BCUT2D eigenvalue weighted by Crippen LogP contribution is -2.20. The summed E-state index contributed by atoms with van der Waals surface area (Å²) in [5.74, 6) is 1.16. The molecule has 0 aromatic carbocycles. The number of pyridine rings is 1. The quantitative estimate of drug-likeness (QED) is 0.777. The molecule has 72 valence electrons. The first-order valence-corrected chi connectivity index (χ1v) is 4.66. The maximum atomic E-state index is 5.89. The van der Waals surface area contributed by atoms with Gasteiger partial charge in [-0.1, -0.05) is 18.5 Å². The average Bonchev–Trinajstić information content (AvgIpc) is 2.16. The maximum absolute atomic E-state index is 5.89. The lowest BCUT2D eigenvalue weighted by atomic mass is 10.2. The molecule has 1 rings (SSSR count). The van der Waals surface area contributed by atoms with Crippen LogP contribution in [0.1, 0.15) is 6.92 Å². The smallest absolute Gasteiger partial charge is 0.144 e. The van der Waals surface area contributed by atoms with Gasteiger partial charge >= 0.3 is 0 Å². The maximum Gasteiger partial charge on any atom is 0.144 e. The molecule has 0 radical (unpaired) electrons. The number of rotatable bonds is 4. The molecule has 0 amide bonds. The molecule has 1 aromatic rings. The third kappa shape index (κ3) is 3.20. The molecular formula is C9H14ClN3. The van der Waals surface area contributed by atoms with Crippen molar-refractivity contribution in [2.75, 3.05) is 18.4 Å². The van der Waals surface area contributed by atoms with Gasteiger partial charge in [0.05, 0.1) is 5.02 Å². The summed E-state index contributed by atoms with van der Waals surface area (Å²) < 4.78 is 0. The molecule has 13 heavy (non-hydrogen) atoms. The van der Waals surface area contributed by atoms with Gasteiger partial charge in [0.25, 0.3) is 0 Å². The molecule has 0 aliphatic heterocycles. The number of nitrogens with two attached hydrogens (primary N) is 1. The standard InChI is InChI=1S/C9H14ClN3/c1-7(5-11)6-13-9-8(10)3-2-4-12-9/h2-4,7H,5-6,11H2,1H3,(H,12,13). The topological polar surface area (TPSA) is 50.9 Å². The zero-order chi connectivity index (χ0) is 9.68. The lowest BCUT2D eigenvalue weighted by Gasteiger charge is -2.10. The van der Waals surface area contributed by atoms with Gasteiger partial charge in [0.2, 0.25) is 0 Å². The Labute approximate surface area is 83.3 Å². The van der Waals surface area contributed by atoms with E-state index >= 15 is 0 Å². The normalized spacial score (nSPS) is 12.5. The van der Waals surface area contributed by atoms with Crippen LogP contribution in [0.15, 0.2) is 18.3 Å². The summed E-state index contributed by atoms with van der Waals surface area (Å²) in [6.45, 7) is 3.54. The fourth-order valence-corrected chi connectivity index (χ4v) is 1.06. The highest BCUT2D eigenvalue weighted by Gasteiger charge is 2.02. The van der Waals surface area contributed by atoms with Crippen LogP contribution in [0, 0.1) is 5.92 Å². The number of nitrogens with zero attached hydrogens (tertiary/aromatic N) is 1. The molecule has 0 fully saturated rings. The predicted molar refractivity (Wildman–Crippen MR) is 56.0 cm³/mol. The molecular weight excluding hydrogens is 186 g/mol. The first-order valence-electron chi connectivity index (χ1n) is 4.28. The summed E-state index contributed by atoms with van der Waals surface area (Å²) in [6.07, 6.45) is 1.71. The Morgan fingerprint density at radius 3 is 3.08 bits per heavy atom. The monoisotopic (exact) mass is 199 g/mol. The highest BCUT2D eigenvalue weighted by atomic mass is 35.5. The lowest BCUT2D eigenvalue weighted by molar-refractivity contribution is 0.627. The van der Waals surface area contributed by atoms with E-state index in [9.17, 15) is 0 Å². The van der Waals surface area contributed by atoms with E-state index in [1.165, 1.54) is 0 Å². The molecule has 1 aromatic heterocycles. The van der Waals surface area contributed by atoms with Crippen LogP contribution in [0.4, 0.5) is 5.82 Å². The fourth-order valence-electron chi connectivity index (χ4n) is 0.870. The van der Waals surface area contributed by atoms with Crippen LogP contribution in [0.5, 0.6) is 0 Å². The Bertz CT molecular complexity index is 265. The summed E-state index contributed by atoms with van der Waals surface area (Å²) in [6, 6.07) is 3.61. The highest BCUT2D eigenvalue weighted by molar-refractivity contribution is 6.32. The third-order valence-corrected chi connectivity index (χ3v) is 2.08. The molecule has 0 saturated heterocycles. The second-order valence-corrected chi connectivity index (χ2v) is 3.46. The van der Waals surface area contributed by atoms with Crippen LogP contribution in [0.2, 0.25) is 5.02 Å². The number of nitrogens with one attached hydrogen (secondary N) is 1. The fraction of sp³-hybridized carbons (Fsp3) is 0.444. The van der Waals surface area contributed by atoms with Gasteiger partial charge < -0.3 is 11.1 Å². The SMILES string of the molecule is CC(CN)CNc1ncccc1Cl. The zero-order valence-corrected chi connectivity index (χ0v) is 8.38. The minimum absolute atomic E-state index is 0.429. The van der Waals surface area contributed by atoms with Crippen LogP contribution in [0.25, 0.3) is 0 Å². The van der Waals surface area contributed by atoms with Crippen LogP contribution in [-0.2, 0) is 0 Å². The van der Waals surface area contributed by atoms with E-state index in [2.05, 4.69) is 17.2 Å². The number of hydrogen-bond donors (Lipinski definition) is 2. The number of halogens is 1. The average molecular weight is 200 g/mol. The minimum Gasteiger partial charge on any atom is -0.369 e. The largest absolute Gasteiger partial charge is 0.369 e. The van der Waals surface area contributed by atoms with Gasteiger partial charge in [-0.05, 0) is 24.6 Å².